The van der Waals surface area contributed by atoms with Crippen molar-refractivity contribution in [2.75, 3.05) is 0 Å². The zero-order valence-electron chi connectivity index (χ0n) is 13.3. The first-order chi connectivity index (χ1) is 11.0. The van der Waals surface area contributed by atoms with Gasteiger partial charge in [-0.05, 0) is 26.8 Å². The Kier molecular flexibility index (Phi) is 4.30. The minimum Gasteiger partial charge on any atom is -0.472 e. The highest BCUT2D eigenvalue weighted by Crippen LogP contribution is 2.32. The van der Waals surface area contributed by atoms with Gasteiger partial charge in [0.05, 0.1) is 28.4 Å². The molecule has 0 aliphatic heterocycles. The summed E-state index contributed by atoms with van der Waals surface area (Å²) in [4.78, 5) is 17.8. The minimum absolute atomic E-state index is 0.103. The van der Waals surface area contributed by atoms with Crippen molar-refractivity contribution < 1.29 is 9.21 Å². The Labute approximate surface area is 139 Å². The van der Waals surface area contributed by atoms with Crippen LogP contribution in [0.5, 0.6) is 0 Å². The summed E-state index contributed by atoms with van der Waals surface area (Å²) in [6.45, 7) is 6.01. The molecule has 0 saturated carbocycles. The number of hydrogen-bond acceptors (Lipinski definition) is 4. The summed E-state index contributed by atoms with van der Waals surface area (Å²) >= 11 is 1.62. The van der Waals surface area contributed by atoms with E-state index >= 15 is 0 Å². The number of benzene rings is 1. The molecule has 1 unspecified atom stereocenters. The Bertz CT molecular complexity index is 804. The Hall–Kier alpha value is -2.40. The van der Waals surface area contributed by atoms with Gasteiger partial charge in [-0.1, -0.05) is 29.8 Å². The Morgan fingerprint density at radius 2 is 1.96 bits per heavy atom. The number of furan rings is 1. The summed E-state index contributed by atoms with van der Waals surface area (Å²) < 4.78 is 4.95. The van der Waals surface area contributed by atoms with Gasteiger partial charge in [0.25, 0.3) is 5.91 Å². The molecule has 2 heterocycles. The van der Waals surface area contributed by atoms with Crippen LogP contribution in [0.4, 0.5) is 0 Å². The third-order valence-corrected chi connectivity index (χ3v) is 5.04. The van der Waals surface area contributed by atoms with E-state index in [1.165, 1.54) is 18.1 Å². The van der Waals surface area contributed by atoms with Gasteiger partial charge in [0.2, 0.25) is 0 Å². The molecule has 1 N–H and O–H groups in total. The molecule has 118 valence electrons. The fourth-order valence-corrected chi connectivity index (χ4v) is 3.44. The van der Waals surface area contributed by atoms with Crippen LogP contribution in [-0.2, 0) is 0 Å². The number of carbonyl (C=O) groups excluding carboxylic acids is 1. The van der Waals surface area contributed by atoms with Crippen LogP contribution >= 0.6 is 11.3 Å². The molecule has 2 aromatic heterocycles. The molecular weight excluding hydrogens is 308 g/mol. The fourth-order valence-electron chi connectivity index (χ4n) is 2.37. The van der Waals surface area contributed by atoms with Gasteiger partial charge in [0, 0.05) is 5.56 Å². The highest BCUT2D eigenvalue weighted by molar-refractivity contribution is 7.15. The maximum absolute atomic E-state index is 12.1. The molecule has 3 aromatic rings. The molecular formula is C18H18N2O2S. The van der Waals surface area contributed by atoms with Crippen molar-refractivity contribution in [2.24, 2.45) is 0 Å². The minimum atomic E-state index is -0.143. The quantitative estimate of drug-likeness (QED) is 0.767. The third kappa shape index (κ3) is 3.35. The standard InChI is InChI=1S/C18H18N2O2S/c1-11-4-6-14(7-5-11)18-20-13(3)16(23-18)12(2)19-17(21)15-8-9-22-10-15/h4-10,12H,1-3H3,(H,19,21). The first kappa shape index (κ1) is 15.5. The monoisotopic (exact) mass is 326 g/mol. The Morgan fingerprint density at radius 3 is 2.61 bits per heavy atom. The van der Waals surface area contributed by atoms with Gasteiger partial charge in [-0.15, -0.1) is 11.3 Å². The number of nitrogens with one attached hydrogen (secondary N) is 1. The molecule has 0 radical (unpaired) electrons. The molecule has 0 fully saturated rings. The smallest absolute Gasteiger partial charge is 0.255 e. The zero-order chi connectivity index (χ0) is 16.4. The molecule has 1 aromatic carbocycles. The number of thiazole rings is 1. The summed E-state index contributed by atoms with van der Waals surface area (Å²) in [7, 11) is 0. The van der Waals surface area contributed by atoms with Crippen molar-refractivity contribution in [3.8, 4) is 10.6 Å². The largest absolute Gasteiger partial charge is 0.472 e. The molecule has 0 saturated heterocycles. The summed E-state index contributed by atoms with van der Waals surface area (Å²) in [6.07, 6.45) is 2.94. The van der Waals surface area contributed by atoms with Crippen LogP contribution in [0, 0.1) is 13.8 Å². The van der Waals surface area contributed by atoms with Crippen molar-refractivity contribution in [2.45, 2.75) is 26.8 Å². The van der Waals surface area contributed by atoms with Gasteiger partial charge in [-0.25, -0.2) is 4.98 Å². The van der Waals surface area contributed by atoms with Gasteiger partial charge in [0.15, 0.2) is 0 Å². The van der Waals surface area contributed by atoms with Crippen molar-refractivity contribution in [1.82, 2.24) is 10.3 Å². The lowest BCUT2D eigenvalue weighted by Gasteiger charge is -2.11. The molecule has 23 heavy (non-hydrogen) atoms. The number of nitrogens with zero attached hydrogens (tertiary/aromatic N) is 1. The van der Waals surface area contributed by atoms with E-state index in [9.17, 15) is 4.79 Å². The van der Waals surface area contributed by atoms with E-state index in [4.69, 9.17) is 4.42 Å². The molecule has 0 bridgehead atoms. The van der Waals surface area contributed by atoms with Gasteiger partial charge < -0.3 is 9.73 Å². The highest BCUT2D eigenvalue weighted by Gasteiger charge is 2.18. The number of aromatic nitrogens is 1. The Balaban J connectivity index is 1.80. The molecule has 3 rings (SSSR count). The number of carbonyl (C=O) groups is 1. The van der Waals surface area contributed by atoms with Crippen LogP contribution in [0.1, 0.15) is 39.5 Å². The normalized spacial score (nSPS) is 12.1. The van der Waals surface area contributed by atoms with Crippen LogP contribution in [0.15, 0.2) is 47.3 Å². The molecule has 1 amide bonds. The molecule has 0 aliphatic rings. The van der Waals surface area contributed by atoms with Crippen LogP contribution in [0.25, 0.3) is 10.6 Å². The summed E-state index contributed by atoms with van der Waals surface area (Å²) in [5.74, 6) is -0.143. The van der Waals surface area contributed by atoms with Crippen molar-refractivity contribution >= 4 is 17.2 Å². The third-order valence-electron chi connectivity index (χ3n) is 3.66. The van der Waals surface area contributed by atoms with E-state index in [2.05, 4.69) is 41.5 Å². The van der Waals surface area contributed by atoms with Crippen LogP contribution in [0.3, 0.4) is 0 Å². The van der Waals surface area contributed by atoms with Crippen LogP contribution < -0.4 is 5.32 Å². The second-order valence-corrected chi connectivity index (χ2v) is 6.57. The summed E-state index contributed by atoms with van der Waals surface area (Å²) in [5, 5.41) is 3.96. The average Bonchev–Trinajstić information content (AvgIpc) is 3.17. The number of aryl methyl sites for hydroxylation is 2. The molecule has 4 nitrogen and oxygen atoms in total. The number of hydrogen-bond donors (Lipinski definition) is 1. The maximum Gasteiger partial charge on any atom is 0.255 e. The summed E-state index contributed by atoms with van der Waals surface area (Å²) in [6, 6.07) is 9.86. The SMILES string of the molecule is Cc1ccc(-c2nc(C)c(C(C)NC(=O)c3ccoc3)s2)cc1. The molecule has 5 heteroatoms. The average molecular weight is 326 g/mol. The number of amides is 1. The zero-order valence-corrected chi connectivity index (χ0v) is 14.1. The Morgan fingerprint density at radius 1 is 1.22 bits per heavy atom. The van der Waals surface area contributed by atoms with E-state index in [1.807, 2.05) is 13.8 Å². The highest BCUT2D eigenvalue weighted by atomic mass is 32.1. The van der Waals surface area contributed by atoms with Crippen molar-refractivity contribution in [3.63, 3.8) is 0 Å². The van der Waals surface area contributed by atoms with Crippen LogP contribution in [0.2, 0.25) is 0 Å². The second kappa shape index (κ2) is 6.38. The van der Waals surface area contributed by atoms with E-state index in [1.54, 1.807) is 17.4 Å². The molecule has 1 atom stereocenters. The van der Waals surface area contributed by atoms with E-state index < -0.39 is 0 Å². The fraction of sp³-hybridized carbons (Fsp3) is 0.222. The van der Waals surface area contributed by atoms with E-state index in [0.717, 1.165) is 21.1 Å². The van der Waals surface area contributed by atoms with E-state index in [-0.39, 0.29) is 11.9 Å². The van der Waals surface area contributed by atoms with Crippen molar-refractivity contribution in [3.05, 3.63) is 64.6 Å². The maximum atomic E-state index is 12.1. The number of rotatable bonds is 4. The van der Waals surface area contributed by atoms with E-state index in [0.29, 0.717) is 5.56 Å². The predicted molar refractivity (Wildman–Crippen MR) is 91.6 cm³/mol. The van der Waals surface area contributed by atoms with Gasteiger partial charge in [-0.3, -0.25) is 4.79 Å². The van der Waals surface area contributed by atoms with Crippen molar-refractivity contribution in [1.29, 1.82) is 0 Å². The topological polar surface area (TPSA) is 55.1 Å². The van der Waals surface area contributed by atoms with Gasteiger partial charge >= 0.3 is 0 Å². The first-order valence-electron chi connectivity index (χ1n) is 7.42. The van der Waals surface area contributed by atoms with Gasteiger partial charge in [-0.2, -0.15) is 0 Å². The lowest BCUT2D eigenvalue weighted by Crippen LogP contribution is -2.26. The summed E-state index contributed by atoms with van der Waals surface area (Å²) in [5.41, 5.74) is 3.80. The first-order valence-corrected chi connectivity index (χ1v) is 8.23. The molecule has 0 spiro atoms. The predicted octanol–water partition coefficient (Wildman–Crippen LogP) is 4.51. The molecule has 0 aliphatic carbocycles. The van der Waals surface area contributed by atoms with Crippen LogP contribution in [-0.4, -0.2) is 10.9 Å². The lowest BCUT2D eigenvalue weighted by atomic mass is 10.2. The second-order valence-electron chi connectivity index (χ2n) is 5.54. The van der Waals surface area contributed by atoms with Gasteiger partial charge in [0.1, 0.15) is 11.3 Å². The lowest BCUT2D eigenvalue weighted by molar-refractivity contribution is 0.0940.